The first-order chi connectivity index (χ1) is 14.5. The Morgan fingerprint density at radius 3 is 2.13 bits per heavy atom. The van der Waals surface area contributed by atoms with Gasteiger partial charge in [-0.2, -0.15) is 0 Å². The first kappa shape index (κ1) is 19.5. The highest BCUT2D eigenvalue weighted by Gasteiger charge is 2.36. The molecule has 3 amide bonds. The van der Waals surface area contributed by atoms with Gasteiger partial charge in [0.15, 0.2) is 0 Å². The topological polar surface area (TPSA) is 92.8 Å². The van der Waals surface area contributed by atoms with Crippen LogP contribution in [0.2, 0.25) is 0 Å². The Balaban J connectivity index is 1.57. The summed E-state index contributed by atoms with van der Waals surface area (Å²) in [6.07, 6.45) is 0. The van der Waals surface area contributed by atoms with E-state index in [1.54, 1.807) is 29.6 Å². The fourth-order valence-corrected chi connectivity index (χ4v) is 4.25. The van der Waals surface area contributed by atoms with E-state index in [0.717, 1.165) is 10.5 Å². The molecule has 0 saturated carbocycles. The quantitative estimate of drug-likeness (QED) is 0.504. The number of benzene rings is 2. The summed E-state index contributed by atoms with van der Waals surface area (Å²) in [5.74, 6) is -2.22. The summed E-state index contributed by atoms with van der Waals surface area (Å²) >= 11 is 1.17. The summed E-state index contributed by atoms with van der Waals surface area (Å²) in [6, 6.07) is 15.7. The summed E-state index contributed by atoms with van der Waals surface area (Å²) in [7, 11) is 1.26. The molecule has 0 bridgehead atoms. The molecule has 4 rings (SSSR count). The van der Waals surface area contributed by atoms with Crippen molar-refractivity contribution < 1.29 is 23.9 Å². The van der Waals surface area contributed by atoms with E-state index in [2.05, 4.69) is 5.32 Å². The summed E-state index contributed by atoms with van der Waals surface area (Å²) in [4.78, 5) is 50.8. The Morgan fingerprint density at radius 1 is 0.933 bits per heavy atom. The van der Waals surface area contributed by atoms with Crippen LogP contribution in [0.4, 0.5) is 5.00 Å². The SMILES string of the molecule is COC(=O)c1c(-c2ccccc2)csc1NC(=O)CN1C(=O)c2ccccc2C1=O. The zero-order chi connectivity index (χ0) is 21.3. The molecule has 8 heteroatoms. The minimum absolute atomic E-state index is 0.226. The van der Waals surface area contributed by atoms with Crippen LogP contribution in [0, 0.1) is 0 Å². The normalized spacial score (nSPS) is 12.6. The van der Waals surface area contributed by atoms with Crippen LogP contribution in [0.15, 0.2) is 60.0 Å². The lowest BCUT2D eigenvalue weighted by molar-refractivity contribution is -0.116. The minimum atomic E-state index is -0.592. The van der Waals surface area contributed by atoms with Gasteiger partial charge in [0.1, 0.15) is 17.1 Å². The third-order valence-corrected chi connectivity index (χ3v) is 5.59. The van der Waals surface area contributed by atoms with Gasteiger partial charge in [-0.25, -0.2) is 4.79 Å². The molecular weight excluding hydrogens is 404 g/mol. The van der Waals surface area contributed by atoms with E-state index in [1.807, 2.05) is 30.3 Å². The average Bonchev–Trinajstić information content (AvgIpc) is 3.29. The number of esters is 1. The standard InChI is InChI=1S/C22H16N2O5S/c1-29-22(28)18-16(13-7-3-2-4-8-13)12-30-19(18)23-17(25)11-24-20(26)14-9-5-6-10-15(14)21(24)27/h2-10,12H,11H2,1H3,(H,23,25). The number of rotatable bonds is 5. The van der Waals surface area contributed by atoms with E-state index in [0.29, 0.717) is 10.6 Å². The molecule has 7 nitrogen and oxygen atoms in total. The van der Waals surface area contributed by atoms with Crippen LogP contribution >= 0.6 is 11.3 Å². The van der Waals surface area contributed by atoms with Gasteiger partial charge < -0.3 is 10.1 Å². The van der Waals surface area contributed by atoms with Crippen molar-refractivity contribution in [2.24, 2.45) is 0 Å². The number of nitrogens with one attached hydrogen (secondary N) is 1. The highest BCUT2D eigenvalue weighted by Crippen LogP contribution is 2.36. The molecule has 30 heavy (non-hydrogen) atoms. The van der Waals surface area contributed by atoms with E-state index in [1.165, 1.54) is 18.4 Å². The lowest BCUT2D eigenvalue weighted by Gasteiger charge is -2.13. The molecule has 1 aliphatic heterocycles. The molecule has 0 unspecified atom stereocenters. The van der Waals surface area contributed by atoms with E-state index in [-0.39, 0.29) is 16.7 Å². The van der Waals surface area contributed by atoms with Crippen LogP contribution in [-0.2, 0) is 9.53 Å². The van der Waals surface area contributed by atoms with Gasteiger partial charge in [0.25, 0.3) is 11.8 Å². The Hall–Kier alpha value is -3.78. The number of ether oxygens (including phenoxy) is 1. The Morgan fingerprint density at radius 2 is 1.53 bits per heavy atom. The molecule has 0 saturated heterocycles. The van der Waals surface area contributed by atoms with Crippen LogP contribution in [0.5, 0.6) is 0 Å². The van der Waals surface area contributed by atoms with Crippen molar-refractivity contribution in [2.45, 2.75) is 0 Å². The second kappa shape index (κ2) is 7.92. The number of fused-ring (bicyclic) bond motifs is 1. The van der Waals surface area contributed by atoms with Crippen molar-refractivity contribution in [3.05, 3.63) is 76.7 Å². The number of imide groups is 1. The largest absolute Gasteiger partial charge is 0.465 e. The van der Waals surface area contributed by atoms with E-state index in [9.17, 15) is 19.2 Å². The number of methoxy groups -OCH3 is 1. The second-order valence-electron chi connectivity index (χ2n) is 6.50. The zero-order valence-electron chi connectivity index (χ0n) is 15.9. The summed E-state index contributed by atoms with van der Waals surface area (Å²) in [5, 5.41) is 4.69. The van der Waals surface area contributed by atoms with Crippen LogP contribution in [-0.4, -0.2) is 42.2 Å². The van der Waals surface area contributed by atoms with E-state index < -0.39 is 30.2 Å². The van der Waals surface area contributed by atoms with Gasteiger partial charge in [-0.15, -0.1) is 11.3 Å². The number of thiophene rings is 1. The summed E-state index contributed by atoms with van der Waals surface area (Å²) in [5.41, 5.74) is 2.20. The van der Waals surface area contributed by atoms with Crippen molar-refractivity contribution in [1.29, 1.82) is 0 Å². The Kier molecular flexibility index (Phi) is 5.16. The average molecular weight is 420 g/mol. The molecule has 1 aliphatic rings. The van der Waals surface area contributed by atoms with Gasteiger partial charge in [-0.05, 0) is 17.7 Å². The van der Waals surface area contributed by atoms with Crippen LogP contribution in [0.3, 0.4) is 0 Å². The third-order valence-electron chi connectivity index (χ3n) is 4.70. The lowest BCUT2D eigenvalue weighted by Crippen LogP contribution is -2.37. The Bertz CT molecular complexity index is 1130. The second-order valence-corrected chi connectivity index (χ2v) is 7.38. The van der Waals surface area contributed by atoms with Crippen molar-refractivity contribution in [1.82, 2.24) is 4.90 Å². The zero-order valence-corrected chi connectivity index (χ0v) is 16.7. The molecule has 3 aromatic rings. The fourth-order valence-electron chi connectivity index (χ4n) is 3.28. The van der Waals surface area contributed by atoms with Gasteiger partial charge in [0.05, 0.1) is 18.2 Å². The summed E-state index contributed by atoms with van der Waals surface area (Å²) < 4.78 is 4.89. The van der Waals surface area contributed by atoms with Crippen molar-refractivity contribution in [3.63, 3.8) is 0 Å². The molecule has 150 valence electrons. The van der Waals surface area contributed by atoms with Gasteiger partial charge >= 0.3 is 5.97 Å². The minimum Gasteiger partial charge on any atom is -0.465 e. The number of hydrogen-bond acceptors (Lipinski definition) is 6. The number of nitrogens with zero attached hydrogens (tertiary/aromatic N) is 1. The third kappa shape index (κ3) is 3.37. The summed E-state index contributed by atoms with van der Waals surface area (Å²) in [6.45, 7) is -0.453. The Labute approximate surface area is 175 Å². The van der Waals surface area contributed by atoms with Gasteiger partial charge in [-0.1, -0.05) is 42.5 Å². The monoisotopic (exact) mass is 420 g/mol. The number of hydrogen-bond donors (Lipinski definition) is 1. The van der Waals surface area contributed by atoms with Crippen molar-refractivity contribution >= 4 is 40.0 Å². The molecular formula is C22H16N2O5S. The first-order valence-corrected chi connectivity index (χ1v) is 9.89. The van der Waals surface area contributed by atoms with Crippen LogP contribution < -0.4 is 5.32 Å². The predicted octanol–water partition coefficient (Wildman–Crippen LogP) is 3.44. The molecule has 2 aromatic carbocycles. The highest BCUT2D eigenvalue weighted by atomic mass is 32.1. The lowest BCUT2D eigenvalue weighted by atomic mass is 10.0. The smallest absolute Gasteiger partial charge is 0.341 e. The molecule has 0 atom stereocenters. The van der Waals surface area contributed by atoms with E-state index >= 15 is 0 Å². The fraction of sp³-hybridized carbons (Fsp3) is 0.0909. The van der Waals surface area contributed by atoms with Gasteiger partial charge in [-0.3, -0.25) is 19.3 Å². The van der Waals surface area contributed by atoms with Gasteiger partial charge in [0.2, 0.25) is 5.91 Å². The molecule has 0 radical (unpaired) electrons. The number of carbonyl (C=O) groups is 4. The molecule has 0 spiro atoms. The van der Waals surface area contributed by atoms with E-state index in [4.69, 9.17) is 4.74 Å². The van der Waals surface area contributed by atoms with Gasteiger partial charge in [0, 0.05) is 10.9 Å². The first-order valence-electron chi connectivity index (χ1n) is 9.01. The maximum Gasteiger partial charge on any atom is 0.341 e. The highest BCUT2D eigenvalue weighted by molar-refractivity contribution is 7.15. The molecule has 1 N–H and O–H groups in total. The van der Waals surface area contributed by atoms with Crippen molar-refractivity contribution in [2.75, 3.05) is 19.0 Å². The molecule has 0 fully saturated rings. The number of amides is 3. The predicted molar refractivity (Wildman–Crippen MR) is 112 cm³/mol. The van der Waals surface area contributed by atoms with Crippen LogP contribution in [0.1, 0.15) is 31.1 Å². The molecule has 2 heterocycles. The van der Waals surface area contributed by atoms with Crippen LogP contribution in [0.25, 0.3) is 11.1 Å². The number of carbonyl (C=O) groups excluding carboxylic acids is 4. The maximum atomic E-state index is 12.6. The van der Waals surface area contributed by atoms with Crippen molar-refractivity contribution in [3.8, 4) is 11.1 Å². The number of anilines is 1. The molecule has 0 aliphatic carbocycles. The maximum absolute atomic E-state index is 12.6. The molecule has 1 aromatic heterocycles.